The van der Waals surface area contributed by atoms with Crippen LogP contribution in [0.2, 0.25) is 0 Å². The predicted octanol–water partition coefficient (Wildman–Crippen LogP) is 2.89. The summed E-state index contributed by atoms with van der Waals surface area (Å²) in [5.74, 6) is 0.449. The molecule has 0 radical (unpaired) electrons. The number of aromatic hydroxyl groups is 1. The fourth-order valence-electron chi connectivity index (χ4n) is 3.02. The molecule has 5 heteroatoms. The van der Waals surface area contributed by atoms with E-state index in [9.17, 15) is 9.90 Å². The molecule has 0 aliphatic carbocycles. The molecule has 3 rings (SSSR count). The average Bonchev–Trinajstić information content (AvgIpc) is 2.72. The van der Waals surface area contributed by atoms with E-state index in [2.05, 4.69) is 17.1 Å². The summed E-state index contributed by atoms with van der Waals surface area (Å²) >= 11 is 0. The van der Waals surface area contributed by atoms with Gasteiger partial charge in [-0.3, -0.25) is 4.57 Å². The number of hydrogen-bond donors (Lipinski definition) is 1. The van der Waals surface area contributed by atoms with Gasteiger partial charge in [-0.15, -0.1) is 0 Å². The number of rotatable bonds is 3. The number of aryl methyl sites for hydroxylation is 1. The van der Waals surface area contributed by atoms with E-state index in [4.69, 9.17) is 4.74 Å². The number of nitrogens with zero attached hydrogens (tertiary/aromatic N) is 2. The van der Waals surface area contributed by atoms with Crippen molar-refractivity contribution in [1.29, 1.82) is 0 Å². The zero-order valence-electron chi connectivity index (χ0n) is 12.7. The van der Waals surface area contributed by atoms with E-state index in [1.165, 1.54) is 5.56 Å². The van der Waals surface area contributed by atoms with Gasteiger partial charge in [0.05, 0.1) is 6.61 Å². The van der Waals surface area contributed by atoms with Crippen LogP contribution in [0.3, 0.4) is 0 Å². The van der Waals surface area contributed by atoms with Gasteiger partial charge in [0.2, 0.25) is 11.6 Å². The Labute approximate surface area is 129 Å². The van der Waals surface area contributed by atoms with Gasteiger partial charge in [-0.2, -0.15) is 0 Å². The number of benzene rings is 1. The van der Waals surface area contributed by atoms with Crippen molar-refractivity contribution in [1.82, 2.24) is 9.55 Å². The fraction of sp³-hybridized carbons (Fsp3) is 0.412. The number of ether oxygens (including phenoxy) is 1. The van der Waals surface area contributed by atoms with Crippen LogP contribution in [0.25, 0.3) is 0 Å². The summed E-state index contributed by atoms with van der Waals surface area (Å²) in [6, 6.07) is 10.3. The summed E-state index contributed by atoms with van der Waals surface area (Å²) < 4.78 is 6.72. The monoisotopic (exact) mass is 300 g/mol. The lowest BCUT2D eigenvalue weighted by Gasteiger charge is -2.16. The van der Waals surface area contributed by atoms with E-state index in [0.717, 1.165) is 25.1 Å². The summed E-state index contributed by atoms with van der Waals surface area (Å²) in [5, 5.41) is 10.4. The first-order valence-electron chi connectivity index (χ1n) is 7.71. The molecule has 1 atom stereocenters. The van der Waals surface area contributed by atoms with Crippen molar-refractivity contribution in [2.75, 3.05) is 6.61 Å². The molecule has 1 unspecified atom stereocenters. The molecule has 0 spiro atoms. The van der Waals surface area contributed by atoms with E-state index in [1.807, 2.05) is 18.2 Å². The van der Waals surface area contributed by atoms with Gasteiger partial charge in [0.1, 0.15) is 5.82 Å². The molecule has 1 N–H and O–H groups in total. The van der Waals surface area contributed by atoms with Gasteiger partial charge in [-0.05, 0) is 25.3 Å². The lowest BCUT2D eigenvalue weighted by atomic mass is 9.94. The molecule has 1 aliphatic heterocycles. The molecule has 5 nitrogen and oxygen atoms in total. The normalized spacial score (nSPS) is 17.6. The molecule has 0 fully saturated rings. The minimum absolute atomic E-state index is 0.0329. The molecule has 116 valence electrons. The van der Waals surface area contributed by atoms with Crippen molar-refractivity contribution < 1.29 is 14.6 Å². The lowest BCUT2D eigenvalue weighted by Crippen LogP contribution is -2.09. The van der Waals surface area contributed by atoms with Crippen molar-refractivity contribution in [3.05, 3.63) is 47.4 Å². The van der Waals surface area contributed by atoms with Crippen LogP contribution in [0.4, 0.5) is 0 Å². The average molecular weight is 300 g/mol. The quantitative estimate of drug-likeness (QED) is 0.885. The second-order valence-electron chi connectivity index (χ2n) is 5.53. The first-order chi connectivity index (χ1) is 10.7. The van der Waals surface area contributed by atoms with Crippen molar-refractivity contribution in [2.45, 2.75) is 38.6 Å². The van der Waals surface area contributed by atoms with Gasteiger partial charge in [0.15, 0.2) is 0 Å². The highest BCUT2D eigenvalue weighted by atomic mass is 16.5. The van der Waals surface area contributed by atoms with Crippen molar-refractivity contribution in [3.8, 4) is 5.88 Å². The number of carbonyl (C=O) groups excluding carboxylic acids is 1. The number of imidazole rings is 1. The van der Waals surface area contributed by atoms with Gasteiger partial charge in [0, 0.05) is 18.9 Å². The maximum Gasteiger partial charge on any atom is 0.362 e. The van der Waals surface area contributed by atoms with Gasteiger partial charge < -0.3 is 9.84 Å². The summed E-state index contributed by atoms with van der Waals surface area (Å²) in [6.07, 6.45) is 2.79. The molecule has 2 heterocycles. The molecule has 2 aromatic rings. The molecule has 0 bridgehead atoms. The minimum Gasteiger partial charge on any atom is -0.493 e. The Morgan fingerprint density at radius 1 is 1.41 bits per heavy atom. The minimum atomic E-state index is -0.558. The SMILES string of the molecule is CCOC(=O)c1nc2n(c1O)CC(c1ccccc1)CCC2. The Hall–Kier alpha value is -2.30. The highest BCUT2D eigenvalue weighted by Gasteiger charge is 2.27. The Balaban J connectivity index is 1.91. The molecule has 1 aliphatic rings. The highest BCUT2D eigenvalue weighted by Crippen LogP contribution is 2.32. The fourth-order valence-corrected chi connectivity index (χ4v) is 3.02. The summed E-state index contributed by atoms with van der Waals surface area (Å²) in [7, 11) is 0. The van der Waals surface area contributed by atoms with Crippen molar-refractivity contribution >= 4 is 5.97 Å². The van der Waals surface area contributed by atoms with E-state index < -0.39 is 5.97 Å². The van der Waals surface area contributed by atoms with Crippen LogP contribution in [-0.2, 0) is 17.7 Å². The molecule has 22 heavy (non-hydrogen) atoms. The first-order valence-corrected chi connectivity index (χ1v) is 7.71. The van der Waals surface area contributed by atoms with Gasteiger partial charge in [-0.1, -0.05) is 30.3 Å². The lowest BCUT2D eigenvalue weighted by molar-refractivity contribution is 0.0516. The summed E-state index contributed by atoms with van der Waals surface area (Å²) in [4.78, 5) is 16.2. The number of carbonyl (C=O) groups is 1. The van der Waals surface area contributed by atoms with Crippen LogP contribution in [0, 0.1) is 0 Å². The number of esters is 1. The van der Waals surface area contributed by atoms with Gasteiger partial charge >= 0.3 is 5.97 Å². The smallest absolute Gasteiger partial charge is 0.362 e. The molecule has 0 saturated heterocycles. The third kappa shape index (κ3) is 2.71. The van der Waals surface area contributed by atoms with Crippen molar-refractivity contribution in [3.63, 3.8) is 0 Å². The molecule has 0 saturated carbocycles. The maximum atomic E-state index is 11.9. The van der Waals surface area contributed by atoms with Crippen molar-refractivity contribution in [2.24, 2.45) is 0 Å². The highest BCUT2D eigenvalue weighted by molar-refractivity contribution is 5.89. The standard InChI is InChI=1S/C17H20N2O3/c1-2-22-17(21)15-16(20)19-11-13(9-6-10-14(19)18-15)12-7-4-3-5-8-12/h3-5,7-8,13,20H,2,6,9-11H2,1H3. The van der Waals surface area contributed by atoms with Gasteiger partial charge in [0.25, 0.3) is 0 Å². The molecular formula is C17H20N2O3. The van der Waals surface area contributed by atoms with Gasteiger partial charge in [-0.25, -0.2) is 9.78 Å². The number of fused-ring (bicyclic) bond motifs is 1. The van der Waals surface area contributed by atoms with E-state index >= 15 is 0 Å². The second-order valence-corrected chi connectivity index (χ2v) is 5.53. The summed E-state index contributed by atoms with van der Waals surface area (Å²) in [6.45, 7) is 2.64. The van der Waals surface area contributed by atoms with E-state index in [1.54, 1.807) is 11.5 Å². The molecular weight excluding hydrogens is 280 g/mol. The largest absolute Gasteiger partial charge is 0.493 e. The van der Waals surface area contributed by atoms with Crippen LogP contribution in [-0.4, -0.2) is 27.2 Å². The van der Waals surface area contributed by atoms with E-state index in [0.29, 0.717) is 12.5 Å². The molecule has 1 aromatic carbocycles. The number of hydrogen-bond acceptors (Lipinski definition) is 4. The topological polar surface area (TPSA) is 64.3 Å². The van der Waals surface area contributed by atoms with Crippen LogP contribution in [0.5, 0.6) is 5.88 Å². The molecule has 0 amide bonds. The van der Waals surface area contributed by atoms with Crippen LogP contribution >= 0.6 is 0 Å². The number of aromatic nitrogens is 2. The van der Waals surface area contributed by atoms with Crippen LogP contribution in [0.1, 0.15) is 47.6 Å². The third-order valence-electron chi connectivity index (χ3n) is 4.12. The van der Waals surface area contributed by atoms with Crippen LogP contribution < -0.4 is 0 Å². The third-order valence-corrected chi connectivity index (χ3v) is 4.12. The molecule has 1 aromatic heterocycles. The Morgan fingerprint density at radius 3 is 2.91 bits per heavy atom. The Kier molecular flexibility index (Phi) is 4.13. The zero-order chi connectivity index (χ0) is 15.5. The summed E-state index contributed by atoms with van der Waals surface area (Å²) in [5.41, 5.74) is 1.28. The Bertz CT molecular complexity index is 664. The van der Waals surface area contributed by atoms with E-state index in [-0.39, 0.29) is 18.2 Å². The predicted molar refractivity (Wildman–Crippen MR) is 82.0 cm³/mol. The Morgan fingerprint density at radius 2 is 2.18 bits per heavy atom. The second kappa shape index (κ2) is 6.22. The van der Waals surface area contributed by atoms with Crippen LogP contribution in [0.15, 0.2) is 30.3 Å². The maximum absolute atomic E-state index is 11.9. The zero-order valence-corrected chi connectivity index (χ0v) is 12.7. The first kappa shape index (κ1) is 14.6.